The van der Waals surface area contributed by atoms with Crippen molar-refractivity contribution in [2.24, 2.45) is 33.8 Å². The maximum atomic E-state index is 13.0. The lowest BCUT2D eigenvalue weighted by atomic mass is 10.0. The molecular formula is C22H40N8O8. The van der Waals surface area contributed by atoms with Gasteiger partial charge in [-0.25, -0.2) is 4.79 Å². The minimum atomic E-state index is -1.47. The molecule has 0 aromatic carbocycles. The van der Waals surface area contributed by atoms with E-state index in [-0.39, 0.29) is 50.5 Å². The van der Waals surface area contributed by atoms with Gasteiger partial charge in [-0.3, -0.25) is 29.0 Å². The molecule has 0 heterocycles. The van der Waals surface area contributed by atoms with Crippen LogP contribution in [0.1, 0.15) is 58.8 Å². The van der Waals surface area contributed by atoms with E-state index < -0.39 is 66.2 Å². The number of hydrogen-bond donors (Lipinski definition) is 9. The number of amides is 4. The van der Waals surface area contributed by atoms with Crippen LogP contribution in [0.2, 0.25) is 0 Å². The minimum Gasteiger partial charge on any atom is -0.481 e. The van der Waals surface area contributed by atoms with E-state index >= 15 is 0 Å². The van der Waals surface area contributed by atoms with Crippen LogP contribution in [0, 0.1) is 5.92 Å². The highest BCUT2D eigenvalue weighted by molar-refractivity contribution is 5.94. The number of rotatable bonds is 19. The first kappa shape index (κ1) is 34.0. The quantitative estimate of drug-likeness (QED) is 0.0450. The van der Waals surface area contributed by atoms with Crippen molar-refractivity contribution < 1.29 is 39.0 Å². The Labute approximate surface area is 220 Å². The molecule has 0 saturated carbocycles. The van der Waals surface area contributed by atoms with Gasteiger partial charge < -0.3 is 49.1 Å². The third-order valence-electron chi connectivity index (χ3n) is 5.21. The maximum Gasteiger partial charge on any atom is 0.326 e. The molecule has 4 unspecified atom stereocenters. The molecule has 0 spiro atoms. The fourth-order valence-corrected chi connectivity index (χ4v) is 3.29. The van der Waals surface area contributed by atoms with Gasteiger partial charge in [-0.1, -0.05) is 13.8 Å². The van der Waals surface area contributed by atoms with Crippen LogP contribution >= 0.6 is 0 Å². The Kier molecular flexibility index (Phi) is 15.7. The van der Waals surface area contributed by atoms with E-state index in [0.717, 1.165) is 0 Å². The topological polar surface area (TPSA) is 295 Å². The van der Waals surface area contributed by atoms with Gasteiger partial charge in [0, 0.05) is 19.4 Å². The maximum absolute atomic E-state index is 13.0. The molecule has 0 aliphatic carbocycles. The van der Waals surface area contributed by atoms with E-state index in [0.29, 0.717) is 6.42 Å². The largest absolute Gasteiger partial charge is 0.481 e. The van der Waals surface area contributed by atoms with Crippen molar-refractivity contribution in [2.75, 3.05) is 6.54 Å². The second-order valence-electron chi connectivity index (χ2n) is 9.14. The van der Waals surface area contributed by atoms with Crippen molar-refractivity contribution in [1.29, 1.82) is 0 Å². The van der Waals surface area contributed by atoms with Crippen LogP contribution in [-0.4, -0.2) is 82.5 Å². The Morgan fingerprint density at radius 2 is 1.26 bits per heavy atom. The summed E-state index contributed by atoms with van der Waals surface area (Å²) in [7, 11) is 0. The molecule has 0 aliphatic heterocycles. The molecule has 0 aromatic rings. The van der Waals surface area contributed by atoms with Crippen LogP contribution in [0.3, 0.4) is 0 Å². The summed E-state index contributed by atoms with van der Waals surface area (Å²) < 4.78 is 0. The molecule has 0 radical (unpaired) electrons. The van der Waals surface area contributed by atoms with Crippen LogP contribution in [-0.2, 0) is 28.8 Å². The third kappa shape index (κ3) is 15.2. The van der Waals surface area contributed by atoms with Crippen LogP contribution < -0.4 is 38.9 Å². The minimum absolute atomic E-state index is 0.0387. The Morgan fingerprint density at radius 3 is 1.74 bits per heavy atom. The lowest BCUT2D eigenvalue weighted by Crippen LogP contribution is -2.57. The molecular weight excluding hydrogens is 504 g/mol. The number of guanidine groups is 1. The SMILES string of the molecule is CC(C)CC(N)C(=O)NC(CCC(=O)O)C(=O)NC(CCCN=C(N)N)C(=O)NC(CCC(N)=O)C(=O)O. The number of aliphatic imine (C=N–C) groups is 1. The molecule has 216 valence electrons. The van der Waals surface area contributed by atoms with Gasteiger partial charge in [0.1, 0.15) is 18.1 Å². The zero-order valence-corrected chi connectivity index (χ0v) is 21.6. The molecule has 0 bridgehead atoms. The highest BCUT2D eigenvalue weighted by atomic mass is 16.4. The Bertz CT molecular complexity index is 875. The highest BCUT2D eigenvalue weighted by Gasteiger charge is 2.30. The van der Waals surface area contributed by atoms with Gasteiger partial charge in [0.15, 0.2) is 5.96 Å². The van der Waals surface area contributed by atoms with Crippen molar-refractivity contribution in [2.45, 2.75) is 83.0 Å². The van der Waals surface area contributed by atoms with E-state index in [1.54, 1.807) is 0 Å². The van der Waals surface area contributed by atoms with Crippen LogP contribution in [0.4, 0.5) is 0 Å². The lowest BCUT2D eigenvalue weighted by molar-refractivity contribution is -0.142. The fraction of sp³-hybridized carbons (Fsp3) is 0.682. The smallest absolute Gasteiger partial charge is 0.326 e. The summed E-state index contributed by atoms with van der Waals surface area (Å²) in [5, 5.41) is 25.5. The van der Waals surface area contributed by atoms with Crippen molar-refractivity contribution in [1.82, 2.24) is 16.0 Å². The fourth-order valence-electron chi connectivity index (χ4n) is 3.29. The predicted octanol–water partition coefficient (Wildman–Crippen LogP) is -2.92. The molecule has 0 rings (SSSR count). The van der Waals surface area contributed by atoms with Gasteiger partial charge in [-0.2, -0.15) is 0 Å². The summed E-state index contributed by atoms with van der Waals surface area (Å²) in [6.45, 7) is 3.79. The average Bonchev–Trinajstić information content (AvgIpc) is 2.79. The Hall–Kier alpha value is -3.95. The molecule has 13 N–H and O–H groups in total. The summed E-state index contributed by atoms with van der Waals surface area (Å²) in [6.07, 6.45) is -0.872. The Morgan fingerprint density at radius 1 is 0.763 bits per heavy atom. The number of primary amides is 1. The number of carbonyl (C=O) groups is 6. The van der Waals surface area contributed by atoms with Crippen molar-refractivity contribution in [3.05, 3.63) is 0 Å². The molecule has 4 amide bonds. The summed E-state index contributed by atoms with van der Waals surface area (Å²) in [5.41, 5.74) is 21.5. The number of aliphatic carboxylic acids is 2. The third-order valence-corrected chi connectivity index (χ3v) is 5.21. The Balaban J connectivity index is 5.72. The van der Waals surface area contributed by atoms with Crippen molar-refractivity contribution in [3.8, 4) is 0 Å². The van der Waals surface area contributed by atoms with Gasteiger partial charge in [-0.15, -0.1) is 0 Å². The number of carbonyl (C=O) groups excluding carboxylic acids is 4. The zero-order chi connectivity index (χ0) is 29.4. The molecule has 0 aromatic heterocycles. The summed E-state index contributed by atoms with van der Waals surface area (Å²) >= 11 is 0. The average molecular weight is 545 g/mol. The molecule has 16 heteroatoms. The van der Waals surface area contributed by atoms with Gasteiger partial charge in [0.05, 0.1) is 6.04 Å². The molecule has 38 heavy (non-hydrogen) atoms. The number of carboxylic acid groups (broad SMARTS) is 2. The normalized spacial score (nSPS) is 13.9. The van der Waals surface area contributed by atoms with Gasteiger partial charge in [0.2, 0.25) is 23.6 Å². The van der Waals surface area contributed by atoms with Crippen LogP contribution in [0.25, 0.3) is 0 Å². The second-order valence-corrected chi connectivity index (χ2v) is 9.14. The van der Waals surface area contributed by atoms with Gasteiger partial charge in [-0.05, 0) is 38.0 Å². The van der Waals surface area contributed by atoms with E-state index in [2.05, 4.69) is 20.9 Å². The second kappa shape index (κ2) is 17.5. The van der Waals surface area contributed by atoms with E-state index in [9.17, 15) is 33.9 Å². The van der Waals surface area contributed by atoms with Crippen molar-refractivity contribution >= 4 is 41.5 Å². The molecule has 0 aliphatic rings. The first-order chi connectivity index (χ1) is 17.6. The molecule has 0 fully saturated rings. The lowest BCUT2D eigenvalue weighted by Gasteiger charge is -2.25. The summed E-state index contributed by atoms with van der Waals surface area (Å²) in [4.78, 5) is 75.9. The molecule has 0 saturated heterocycles. The van der Waals surface area contributed by atoms with E-state index in [4.69, 9.17) is 28.0 Å². The van der Waals surface area contributed by atoms with E-state index in [1.807, 2.05) is 13.8 Å². The van der Waals surface area contributed by atoms with Crippen LogP contribution in [0.15, 0.2) is 4.99 Å². The summed E-state index contributed by atoms with van der Waals surface area (Å²) in [5.74, 6) is -5.94. The number of hydrogen-bond acceptors (Lipinski definition) is 8. The number of carboxylic acids is 2. The number of nitrogens with two attached hydrogens (primary N) is 4. The molecule has 16 nitrogen and oxygen atoms in total. The number of nitrogens with one attached hydrogen (secondary N) is 3. The zero-order valence-electron chi connectivity index (χ0n) is 21.6. The monoisotopic (exact) mass is 544 g/mol. The van der Waals surface area contributed by atoms with Gasteiger partial charge in [0.25, 0.3) is 0 Å². The van der Waals surface area contributed by atoms with E-state index in [1.165, 1.54) is 0 Å². The van der Waals surface area contributed by atoms with Crippen LogP contribution in [0.5, 0.6) is 0 Å². The van der Waals surface area contributed by atoms with Crippen molar-refractivity contribution in [3.63, 3.8) is 0 Å². The first-order valence-corrected chi connectivity index (χ1v) is 12.1. The first-order valence-electron chi connectivity index (χ1n) is 12.1. The predicted molar refractivity (Wildman–Crippen MR) is 136 cm³/mol. The molecule has 4 atom stereocenters. The standard InChI is InChI=1S/C22H40N8O8/c1-11(2)10-12(23)18(34)28-14(6-8-17(32)33)20(36)29-13(4-3-9-27-22(25)26)19(35)30-15(21(37)38)5-7-16(24)31/h11-15H,3-10,23H2,1-2H3,(H2,24,31)(H,28,34)(H,29,36)(H,30,35)(H,32,33)(H,37,38)(H4,25,26,27). The highest BCUT2D eigenvalue weighted by Crippen LogP contribution is 2.07. The van der Waals surface area contributed by atoms with Gasteiger partial charge >= 0.3 is 11.9 Å². The summed E-state index contributed by atoms with van der Waals surface area (Å²) in [6, 6.07) is -5.06. The number of nitrogens with zero attached hydrogens (tertiary/aromatic N) is 1.